The van der Waals surface area contributed by atoms with Gasteiger partial charge in [-0.1, -0.05) is 6.07 Å². The fourth-order valence-corrected chi connectivity index (χ4v) is 2.59. The predicted molar refractivity (Wildman–Crippen MR) is 85.4 cm³/mol. The highest BCUT2D eigenvalue weighted by Crippen LogP contribution is 2.35. The molecule has 1 fully saturated rings. The van der Waals surface area contributed by atoms with E-state index in [2.05, 4.69) is 5.32 Å². The van der Waals surface area contributed by atoms with Crippen molar-refractivity contribution in [2.24, 2.45) is 5.73 Å². The molecule has 0 spiro atoms. The lowest BCUT2D eigenvalue weighted by Gasteiger charge is -2.26. The lowest BCUT2D eigenvalue weighted by atomic mass is 9.91. The van der Waals surface area contributed by atoms with E-state index in [4.69, 9.17) is 15.2 Å². The van der Waals surface area contributed by atoms with Crippen LogP contribution in [0.4, 0.5) is 4.79 Å². The second-order valence-corrected chi connectivity index (χ2v) is 6.50. The maximum Gasteiger partial charge on any atom is 0.325 e. The molecule has 23 heavy (non-hydrogen) atoms. The summed E-state index contributed by atoms with van der Waals surface area (Å²) < 4.78 is 10.5. The van der Waals surface area contributed by atoms with Gasteiger partial charge in [0.15, 0.2) is 11.5 Å². The van der Waals surface area contributed by atoms with Crippen LogP contribution in [0.2, 0.25) is 0 Å². The van der Waals surface area contributed by atoms with Crippen LogP contribution in [-0.4, -0.2) is 43.1 Å². The van der Waals surface area contributed by atoms with Crippen molar-refractivity contribution < 1.29 is 19.1 Å². The molecule has 0 bridgehead atoms. The third-order valence-electron chi connectivity index (χ3n) is 3.80. The SMILES string of the molecule is COc1ccc(C2(C)NC(=O)N(CC(C)(C)N)C2=O)cc1OC. The number of methoxy groups -OCH3 is 2. The summed E-state index contributed by atoms with van der Waals surface area (Å²) in [5.41, 5.74) is 4.72. The molecule has 1 aromatic carbocycles. The van der Waals surface area contributed by atoms with Crippen LogP contribution in [0.3, 0.4) is 0 Å². The van der Waals surface area contributed by atoms with E-state index in [1.165, 1.54) is 14.2 Å². The number of urea groups is 1. The van der Waals surface area contributed by atoms with Gasteiger partial charge in [0.2, 0.25) is 0 Å². The van der Waals surface area contributed by atoms with E-state index in [1.807, 2.05) is 0 Å². The first-order chi connectivity index (χ1) is 10.6. The summed E-state index contributed by atoms with van der Waals surface area (Å²) in [4.78, 5) is 26.1. The topological polar surface area (TPSA) is 93.9 Å². The van der Waals surface area contributed by atoms with Gasteiger partial charge in [-0.3, -0.25) is 9.69 Å². The van der Waals surface area contributed by atoms with Crippen LogP contribution in [0.1, 0.15) is 26.3 Å². The monoisotopic (exact) mass is 321 g/mol. The molecular formula is C16H23N3O4. The van der Waals surface area contributed by atoms with E-state index in [1.54, 1.807) is 39.0 Å². The number of nitrogens with zero attached hydrogens (tertiary/aromatic N) is 1. The van der Waals surface area contributed by atoms with Gasteiger partial charge in [-0.15, -0.1) is 0 Å². The summed E-state index contributed by atoms with van der Waals surface area (Å²) in [5.74, 6) is 0.704. The second kappa shape index (κ2) is 5.73. The zero-order valence-corrected chi connectivity index (χ0v) is 14.1. The standard InChI is InChI=1S/C16H23N3O4/c1-15(2,17)9-19-13(20)16(3,18-14(19)21)10-6-7-11(22-4)12(8-10)23-5/h6-8H,9,17H2,1-5H3,(H,18,21). The van der Waals surface area contributed by atoms with Gasteiger partial charge >= 0.3 is 6.03 Å². The van der Waals surface area contributed by atoms with E-state index in [9.17, 15) is 9.59 Å². The molecule has 1 atom stereocenters. The minimum atomic E-state index is -1.16. The quantitative estimate of drug-likeness (QED) is 0.795. The van der Waals surface area contributed by atoms with Gasteiger partial charge in [-0.25, -0.2) is 4.79 Å². The number of hydrogen-bond donors (Lipinski definition) is 2. The molecule has 3 N–H and O–H groups in total. The van der Waals surface area contributed by atoms with Crippen LogP contribution in [0.25, 0.3) is 0 Å². The minimum Gasteiger partial charge on any atom is -0.493 e. The molecule has 7 nitrogen and oxygen atoms in total. The number of amides is 3. The third-order valence-corrected chi connectivity index (χ3v) is 3.80. The number of carbonyl (C=O) groups excluding carboxylic acids is 2. The van der Waals surface area contributed by atoms with Crippen LogP contribution in [0, 0.1) is 0 Å². The lowest BCUT2D eigenvalue weighted by Crippen LogP contribution is -2.48. The fraction of sp³-hybridized carbons (Fsp3) is 0.500. The van der Waals surface area contributed by atoms with Crippen molar-refractivity contribution in [1.82, 2.24) is 10.2 Å². The molecule has 0 radical (unpaired) electrons. The van der Waals surface area contributed by atoms with Crippen molar-refractivity contribution in [1.29, 1.82) is 0 Å². The highest BCUT2D eigenvalue weighted by molar-refractivity contribution is 6.07. The number of ether oxygens (including phenoxy) is 2. The van der Waals surface area contributed by atoms with Gasteiger partial charge in [0.1, 0.15) is 5.54 Å². The summed E-state index contributed by atoms with van der Waals surface area (Å²) in [6.07, 6.45) is 0. The molecule has 7 heteroatoms. The number of hydrogen-bond acceptors (Lipinski definition) is 5. The van der Waals surface area contributed by atoms with Gasteiger partial charge in [0.05, 0.1) is 14.2 Å². The fourth-order valence-electron chi connectivity index (χ4n) is 2.59. The molecule has 126 valence electrons. The van der Waals surface area contributed by atoms with E-state index in [0.717, 1.165) is 4.90 Å². The van der Waals surface area contributed by atoms with Crippen LogP contribution < -0.4 is 20.5 Å². The first-order valence-electron chi connectivity index (χ1n) is 7.28. The van der Waals surface area contributed by atoms with Crippen LogP contribution in [-0.2, 0) is 10.3 Å². The van der Waals surface area contributed by atoms with Crippen molar-refractivity contribution in [3.8, 4) is 11.5 Å². The summed E-state index contributed by atoms with van der Waals surface area (Å²) in [7, 11) is 3.05. The Kier molecular flexibility index (Phi) is 4.26. The molecule has 0 saturated carbocycles. The Bertz CT molecular complexity index is 639. The van der Waals surface area contributed by atoms with E-state index in [0.29, 0.717) is 17.1 Å². The Hall–Kier alpha value is -2.28. The molecule has 3 amide bonds. The number of nitrogens with one attached hydrogen (secondary N) is 1. The highest BCUT2D eigenvalue weighted by Gasteiger charge is 2.50. The normalized spacial score (nSPS) is 21.4. The van der Waals surface area contributed by atoms with Crippen molar-refractivity contribution in [3.05, 3.63) is 23.8 Å². The molecule has 1 unspecified atom stereocenters. The van der Waals surface area contributed by atoms with Gasteiger partial charge in [0, 0.05) is 12.1 Å². The highest BCUT2D eigenvalue weighted by atomic mass is 16.5. The molecule has 1 aliphatic heterocycles. The number of rotatable bonds is 5. The van der Waals surface area contributed by atoms with Crippen LogP contribution in [0.15, 0.2) is 18.2 Å². The summed E-state index contributed by atoms with van der Waals surface area (Å²) in [6, 6.07) is 4.67. The lowest BCUT2D eigenvalue weighted by molar-refractivity contribution is -0.131. The Labute approximate surface area is 135 Å². The maximum absolute atomic E-state index is 12.8. The Morgan fingerprint density at radius 1 is 1.22 bits per heavy atom. The van der Waals surface area contributed by atoms with Gasteiger partial charge in [-0.2, -0.15) is 0 Å². The predicted octanol–water partition coefficient (Wildman–Crippen LogP) is 1.21. The summed E-state index contributed by atoms with van der Waals surface area (Å²) in [5, 5.41) is 2.74. The minimum absolute atomic E-state index is 0.139. The summed E-state index contributed by atoms with van der Waals surface area (Å²) in [6.45, 7) is 5.33. The molecule has 1 saturated heterocycles. The van der Waals surface area contributed by atoms with Gasteiger partial charge in [-0.05, 0) is 38.5 Å². The Balaban J connectivity index is 2.39. The first-order valence-corrected chi connectivity index (χ1v) is 7.28. The van der Waals surface area contributed by atoms with E-state index >= 15 is 0 Å². The first kappa shape index (κ1) is 17.1. The molecule has 1 aliphatic rings. The van der Waals surface area contributed by atoms with Crippen molar-refractivity contribution in [3.63, 3.8) is 0 Å². The molecule has 1 heterocycles. The van der Waals surface area contributed by atoms with Crippen molar-refractivity contribution in [2.45, 2.75) is 31.8 Å². The molecular weight excluding hydrogens is 298 g/mol. The van der Waals surface area contributed by atoms with Crippen LogP contribution >= 0.6 is 0 Å². The molecule has 2 rings (SSSR count). The Morgan fingerprint density at radius 2 is 1.83 bits per heavy atom. The maximum atomic E-state index is 12.8. The average Bonchev–Trinajstić information content (AvgIpc) is 2.69. The number of carbonyl (C=O) groups is 2. The van der Waals surface area contributed by atoms with Gasteiger partial charge < -0.3 is 20.5 Å². The largest absolute Gasteiger partial charge is 0.493 e. The van der Waals surface area contributed by atoms with Gasteiger partial charge in [0.25, 0.3) is 5.91 Å². The number of imide groups is 1. The van der Waals surface area contributed by atoms with Crippen molar-refractivity contribution >= 4 is 11.9 Å². The Morgan fingerprint density at radius 3 is 2.35 bits per heavy atom. The smallest absolute Gasteiger partial charge is 0.325 e. The number of benzene rings is 1. The average molecular weight is 321 g/mol. The third kappa shape index (κ3) is 3.10. The van der Waals surface area contributed by atoms with Crippen LogP contribution in [0.5, 0.6) is 11.5 Å². The zero-order valence-electron chi connectivity index (χ0n) is 14.1. The molecule has 1 aromatic rings. The number of nitrogens with two attached hydrogens (primary N) is 1. The molecule has 0 aliphatic carbocycles. The van der Waals surface area contributed by atoms with Crippen molar-refractivity contribution in [2.75, 3.05) is 20.8 Å². The zero-order chi connectivity index (χ0) is 17.4. The molecule has 0 aromatic heterocycles. The summed E-state index contributed by atoms with van der Waals surface area (Å²) >= 11 is 0. The van der Waals surface area contributed by atoms with E-state index in [-0.39, 0.29) is 12.5 Å². The van der Waals surface area contributed by atoms with E-state index < -0.39 is 17.1 Å². The second-order valence-electron chi connectivity index (χ2n) is 6.50.